The molecule has 0 aliphatic carbocycles. The Bertz CT molecular complexity index is 863. The highest BCUT2D eigenvalue weighted by Gasteiger charge is 2.20. The van der Waals surface area contributed by atoms with Gasteiger partial charge in [-0.2, -0.15) is 0 Å². The number of carboxylic acid groups (broad SMARTS) is 5. The molecule has 0 radical (unpaired) electrons. The van der Waals surface area contributed by atoms with E-state index in [4.69, 9.17) is 42.7 Å². The van der Waals surface area contributed by atoms with Crippen molar-refractivity contribution >= 4 is 29.8 Å². The highest BCUT2D eigenvalue weighted by Crippen LogP contribution is 2.04. The first kappa shape index (κ1) is 40.9. The lowest BCUT2D eigenvalue weighted by atomic mass is 10.1. The fourth-order valence-corrected chi connectivity index (χ4v) is 2.46. The largest absolute Gasteiger partial charge is 0.480 e. The minimum absolute atomic E-state index is 0.269. The van der Waals surface area contributed by atoms with Gasteiger partial charge in [-0.3, -0.25) is 24.0 Å². The Morgan fingerprint density at radius 2 is 1.30 bits per heavy atom. The lowest BCUT2D eigenvalue weighted by Crippen LogP contribution is -2.32. The van der Waals surface area contributed by atoms with Crippen molar-refractivity contribution in [3.63, 3.8) is 0 Å². The molecule has 15 heteroatoms. The highest BCUT2D eigenvalue weighted by atomic mass is 16.4. The van der Waals surface area contributed by atoms with E-state index >= 15 is 0 Å². The van der Waals surface area contributed by atoms with Crippen LogP contribution in [0, 0.1) is 5.92 Å². The van der Waals surface area contributed by atoms with Crippen LogP contribution in [0.15, 0.2) is 30.3 Å². The maximum absolute atomic E-state index is 10.4. The number of carboxylic acids is 5. The number of aliphatic carboxylic acids is 5. The molecule has 15 nitrogen and oxygen atoms in total. The van der Waals surface area contributed by atoms with Gasteiger partial charge in [-0.25, -0.2) is 0 Å². The third kappa shape index (κ3) is 27.4. The summed E-state index contributed by atoms with van der Waals surface area (Å²) in [4.78, 5) is 49.4. The molecule has 0 spiro atoms. The second kappa shape index (κ2) is 24.4. The smallest absolute Gasteiger partial charge is 0.320 e. The van der Waals surface area contributed by atoms with Gasteiger partial charge < -0.3 is 53.8 Å². The van der Waals surface area contributed by atoms with Crippen LogP contribution in [-0.2, 0) is 30.4 Å². The van der Waals surface area contributed by atoms with Gasteiger partial charge in [-0.1, -0.05) is 44.2 Å². The molecule has 1 aliphatic heterocycles. The summed E-state index contributed by atoms with van der Waals surface area (Å²) in [5.41, 5.74) is 20.9. The first-order valence-corrected chi connectivity index (χ1v) is 12.3. The molecule has 1 aromatic rings. The molecule has 2 rings (SSSR count). The number of nitrogens with one attached hydrogen (secondary N) is 1. The number of hydrogen-bond acceptors (Lipinski definition) is 10. The zero-order valence-corrected chi connectivity index (χ0v) is 23.1. The van der Waals surface area contributed by atoms with Crippen molar-refractivity contribution in [3.8, 4) is 0 Å². The van der Waals surface area contributed by atoms with Gasteiger partial charge in [0, 0.05) is 0 Å². The Morgan fingerprint density at radius 3 is 1.52 bits per heavy atom. The van der Waals surface area contributed by atoms with E-state index in [1.807, 2.05) is 44.2 Å². The average Bonchev–Trinajstić information content (AvgIpc) is 3.41. The van der Waals surface area contributed by atoms with E-state index in [1.165, 1.54) is 6.92 Å². The quantitative estimate of drug-likeness (QED) is 0.175. The van der Waals surface area contributed by atoms with Gasteiger partial charge in [0.25, 0.3) is 0 Å². The van der Waals surface area contributed by atoms with Crippen LogP contribution in [0.4, 0.5) is 0 Å². The minimum atomic E-state index is -0.968. The average molecular weight is 576 g/mol. The fourth-order valence-electron chi connectivity index (χ4n) is 2.46. The summed E-state index contributed by atoms with van der Waals surface area (Å²) in [5.74, 6) is -4.17. The molecular weight excluding hydrogens is 530 g/mol. The van der Waals surface area contributed by atoms with Crippen LogP contribution >= 0.6 is 0 Å². The standard InChI is InChI=1S/C9H11NO2.C6H13NO2.C5H9NO2.C3H7NO2.C2H5NO2/c10-8(9(11)12)6-7-4-2-1-3-5-7;1-4(2)3-5(7)6(8)9;7-5(8)4-2-1-3-6-4;1-2(4)3(5)6;3-1-2(4)5/h1-5,8H,6,10H2,(H,11,12);4-5H,3,7H2,1-2H3,(H,8,9);4,6H,1-3H2,(H,7,8);2H,4H2,1H3,(H,5,6);1,3H2,(H,4,5)/t;;4-;;/m..0../s1. The van der Waals surface area contributed by atoms with Crippen LogP contribution < -0.4 is 28.3 Å². The molecule has 1 saturated heterocycles. The van der Waals surface area contributed by atoms with E-state index in [2.05, 4.69) is 11.1 Å². The zero-order valence-electron chi connectivity index (χ0n) is 23.1. The van der Waals surface area contributed by atoms with Crippen molar-refractivity contribution in [1.29, 1.82) is 0 Å². The zero-order chi connectivity index (χ0) is 31.8. The molecule has 230 valence electrons. The molecule has 0 amide bonds. The first-order valence-electron chi connectivity index (χ1n) is 12.3. The Labute approximate surface area is 233 Å². The number of carbonyl (C=O) groups is 5. The Hall–Kier alpha value is -3.63. The van der Waals surface area contributed by atoms with Gasteiger partial charge in [0.05, 0.1) is 6.54 Å². The second-order valence-electron chi connectivity index (χ2n) is 8.92. The summed E-state index contributed by atoms with van der Waals surface area (Å²) in [5, 5.41) is 43.5. The van der Waals surface area contributed by atoms with Crippen molar-refractivity contribution in [3.05, 3.63) is 35.9 Å². The third-order valence-electron chi connectivity index (χ3n) is 4.58. The van der Waals surface area contributed by atoms with Gasteiger partial charge in [-0.15, -0.1) is 0 Å². The molecule has 0 bridgehead atoms. The van der Waals surface area contributed by atoms with E-state index in [1.54, 1.807) is 0 Å². The molecular formula is C25H45N5O10. The summed E-state index contributed by atoms with van der Waals surface area (Å²) in [7, 11) is 0. The molecule has 1 fully saturated rings. The van der Waals surface area contributed by atoms with E-state index in [0.29, 0.717) is 18.8 Å². The van der Waals surface area contributed by atoms with E-state index in [-0.39, 0.29) is 12.6 Å². The second-order valence-corrected chi connectivity index (χ2v) is 8.92. The van der Waals surface area contributed by atoms with E-state index in [0.717, 1.165) is 24.9 Å². The maximum atomic E-state index is 10.4. The number of hydrogen-bond donors (Lipinski definition) is 10. The van der Waals surface area contributed by atoms with Crippen LogP contribution in [0.25, 0.3) is 0 Å². The Morgan fingerprint density at radius 1 is 0.850 bits per heavy atom. The summed E-state index contributed by atoms with van der Waals surface area (Å²) in [6.45, 7) is 5.89. The van der Waals surface area contributed by atoms with Crippen molar-refractivity contribution in [2.75, 3.05) is 13.1 Å². The molecule has 4 atom stereocenters. The van der Waals surface area contributed by atoms with Crippen molar-refractivity contribution < 1.29 is 49.5 Å². The summed E-state index contributed by atoms with van der Waals surface area (Å²) < 4.78 is 0. The van der Waals surface area contributed by atoms with Gasteiger partial charge in [0.1, 0.15) is 24.2 Å². The molecule has 1 aliphatic rings. The summed E-state index contributed by atoms with van der Waals surface area (Å²) >= 11 is 0. The summed E-state index contributed by atoms with van der Waals surface area (Å²) in [6.07, 6.45) is 2.72. The maximum Gasteiger partial charge on any atom is 0.320 e. The van der Waals surface area contributed by atoms with Crippen LogP contribution in [-0.4, -0.2) is 92.6 Å². The van der Waals surface area contributed by atoms with Gasteiger partial charge in [0.15, 0.2) is 0 Å². The predicted octanol–water partition coefficient (Wildman–Crippen LogP) is -0.644. The number of rotatable bonds is 9. The van der Waals surface area contributed by atoms with E-state index in [9.17, 15) is 24.0 Å². The third-order valence-corrected chi connectivity index (χ3v) is 4.58. The van der Waals surface area contributed by atoms with Crippen molar-refractivity contribution in [2.45, 2.75) is 70.6 Å². The Balaban J connectivity index is -0.000000443. The lowest BCUT2D eigenvalue weighted by Gasteiger charge is -2.07. The molecule has 14 N–H and O–H groups in total. The molecule has 1 aromatic carbocycles. The molecule has 0 saturated carbocycles. The number of benzene rings is 1. The fraction of sp³-hybridized carbons (Fsp3) is 0.560. The minimum Gasteiger partial charge on any atom is -0.480 e. The van der Waals surface area contributed by atoms with Gasteiger partial charge in [-0.05, 0) is 50.6 Å². The molecule has 1 heterocycles. The van der Waals surface area contributed by atoms with Crippen LogP contribution in [0.5, 0.6) is 0 Å². The van der Waals surface area contributed by atoms with Gasteiger partial charge >= 0.3 is 29.8 Å². The van der Waals surface area contributed by atoms with Gasteiger partial charge in [0.2, 0.25) is 0 Å². The summed E-state index contributed by atoms with van der Waals surface area (Å²) in [6, 6.07) is 6.85. The van der Waals surface area contributed by atoms with E-state index < -0.39 is 48.0 Å². The topological polar surface area (TPSA) is 303 Å². The SMILES string of the molecule is CC(C)CC(N)C(=O)O.CC(N)C(=O)O.NC(Cc1ccccc1)C(=O)O.NCC(=O)O.O=C(O)[C@@H]1CCCN1. The first-order chi connectivity index (χ1) is 18.5. The van der Waals surface area contributed by atoms with Crippen molar-refractivity contribution in [1.82, 2.24) is 5.32 Å². The highest BCUT2D eigenvalue weighted by molar-refractivity contribution is 5.74. The molecule has 0 aromatic heterocycles. The molecule has 40 heavy (non-hydrogen) atoms. The molecule has 3 unspecified atom stereocenters. The lowest BCUT2D eigenvalue weighted by molar-refractivity contribution is -0.139. The Kier molecular flexibility index (Phi) is 24.9. The monoisotopic (exact) mass is 575 g/mol. The van der Waals surface area contributed by atoms with Crippen LogP contribution in [0.3, 0.4) is 0 Å². The number of nitrogens with two attached hydrogens (primary N) is 4. The predicted molar refractivity (Wildman–Crippen MR) is 147 cm³/mol. The van der Waals surface area contributed by atoms with Crippen molar-refractivity contribution in [2.24, 2.45) is 28.9 Å². The normalized spacial score (nSPS) is 15.4. The van der Waals surface area contributed by atoms with Crippen LogP contribution in [0.2, 0.25) is 0 Å². The van der Waals surface area contributed by atoms with Crippen LogP contribution in [0.1, 0.15) is 45.6 Å².